The summed E-state index contributed by atoms with van der Waals surface area (Å²) in [6.07, 6.45) is 5.07. The molecule has 2 atom stereocenters. The zero-order chi connectivity index (χ0) is 27.8. The third kappa shape index (κ3) is 7.52. The van der Waals surface area contributed by atoms with Gasteiger partial charge in [0.05, 0.1) is 30.6 Å². The van der Waals surface area contributed by atoms with E-state index in [1.54, 1.807) is 24.7 Å². The van der Waals surface area contributed by atoms with Crippen LogP contribution in [0.1, 0.15) is 43.9 Å². The number of nitrogens with one attached hydrogen (secondary N) is 2. The number of hydrogen-bond acceptors (Lipinski definition) is 6. The standard InChI is InChI=1S/C29H36N6O4/c1-29(2,30)28(38)33-24(20-39-19-21-11-5-3-6-12-21)26(36)32-23-17-31-35(18-23)25(22-13-7-4-8-14-22)27(37)34-15-9-10-16-34/h3-8,11-14,17-18,24-25H,9-10,15-16,19-20,30H2,1-2H3,(H,32,36)(H,33,38). The number of carbonyl (C=O) groups excluding carboxylic acids is 3. The van der Waals surface area contributed by atoms with Crippen LogP contribution in [0.2, 0.25) is 0 Å². The van der Waals surface area contributed by atoms with Crippen LogP contribution in [0.25, 0.3) is 0 Å². The van der Waals surface area contributed by atoms with Crippen molar-refractivity contribution in [2.45, 2.75) is 50.9 Å². The lowest BCUT2D eigenvalue weighted by molar-refractivity contribution is -0.132. The average Bonchev–Trinajstić information content (AvgIpc) is 3.62. The molecule has 1 aliphatic heterocycles. The van der Waals surface area contributed by atoms with Crippen molar-refractivity contribution >= 4 is 23.4 Å². The van der Waals surface area contributed by atoms with E-state index in [9.17, 15) is 14.4 Å². The number of hydrogen-bond donors (Lipinski definition) is 3. The summed E-state index contributed by atoms with van der Waals surface area (Å²) in [4.78, 5) is 41.1. The summed E-state index contributed by atoms with van der Waals surface area (Å²) in [6.45, 7) is 4.78. The minimum Gasteiger partial charge on any atom is -0.374 e. The fourth-order valence-electron chi connectivity index (χ4n) is 4.32. The molecule has 0 aliphatic carbocycles. The Morgan fingerprint density at radius 2 is 1.67 bits per heavy atom. The highest BCUT2D eigenvalue weighted by molar-refractivity contribution is 5.98. The Morgan fingerprint density at radius 3 is 2.31 bits per heavy atom. The molecule has 1 aromatic heterocycles. The van der Waals surface area contributed by atoms with Crippen molar-refractivity contribution in [3.05, 3.63) is 84.2 Å². The van der Waals surface area contributed by atoms with Gasteiger partial charge in [0.25, 0.3) is 5.91 Å². The van der Waals surface area contributed by atoms with Crippen LogP contribution in [0.3, 0.4) is 0 Å². The fourth-order valence-corrected chi connectivity index (χ4v) is 4.32. The Balaban J connectivity index is 1.48. The average molecular weight is 533 g/mol. The third-order valence-electron chi connectivity index (χ3n) is 6.50. The summed E-state index contributed by atoms with van der Waals surface area (Å²) in [6, 6.07) is 17.3. The molecule has 0 saturated carbocycles. The topological polar surface area (TPSA) is 132 Å². The van der Waals surface area contributed by atoms with E-state index in [1.807, 2.05) is 65.6 Å². The number of rotatable bonds is 11. The maximum atomic E-state index is 13.4. The first-order chi connectivity index (χ1) is 18.7. The second-order valence-corrected chi connectivity index (χ2v) is 10.3. The summed E-state index contributed by atoms with van der Waals surface area (Å²) in [5, 5.41) is 9.90. The molecule has 2 unspecified atom stereocenters. The van der Waals surface area contributed by atoms with Gasteiger partial charge in [-0.25, -0.2) is 0 Å². The molecule has 0 radical (unpaired) electrons. The monoisotopic (exact) mass is 532 g/mol. The van der Waals surface area contributed by atoms with Crippen molar-refractivity contribution in [3.8, 4) is 0 Å². The molecule has 3 aromatic rings. The first kappa shape index (κ1) is 28.0. The van der Waals surface area contributed by atoms with Crippen LogP contribution in [0.5, 0.6) is 0 Å². The van der Waals surface area contributed by atoms with Gasteiger partial charge >= 0.3 is 0 Å². The highest BCUT2D eigenvalue weighted by atomic mass is 16.5. The van der Waals surface area contributed by atoms with Gasteiger partial charge in [0, 0.05) is 19.3 Å². The molecule has 4 rings (SSSR count). The van der Waals surface area contributed by atoms with Crippen LogP contribution in [0, 0.1) is 0 Å². The molecule has 10 nitrogen and oxygen atoms in total. The van der Waals surface area contributed by atoms with Crippen molar-refractivity contribution in [3.63, 3.8) is 0 Å². The van der Waals surface area contributed by atoms with Crippen LogP contribution < -0.4 is 16.4 Å². The van der Waals surface area contributed by atoms with Crippen LogP contribution in [0.15, 0.2) is 73.1 Å². The number of nitrogens with zero attached hydrogens (tertiary/aromatic N) is 3. The van der Waals surface area contributed by atoms with Gasteiger partial charge in [0.1, 0.15) is 6.04 Å². The summed E-state index contributed by atoms with van der Waals surface area (Å²) in [7, 11) is 0. The van der Waals surface area contributed by atoms with Gasteiger partial charge in [-0.3, -0.25) is 19.1 Å². The molecule has 3 amide bonds. The Hall–Kier alpha value is -4.02. The quantitative estimate of drug-likeness (QED) is 0.348. The Kier molecular flexibility index (Phi) is 9.11. The van der Waals surface area contributed by atoms with E-state index in [4.69, 9.17) is 10.5 Å². The molecule has 1 aliphatic rings. The van der Waals surface area contributed by atoms with Gasteiger partial charge in [-0.15, -0.1) is 0 Å². The van der Waals surface area contributed by atoms with E-state index in [0.29, 0.717) is 5.69 Å². The van der Waals surface area contributed by atoms with Gasteiger partial charge in [-0.2, -0.15) is 5.10 Å². The van der Waals surface area contributed by atoms with Crippen molar-refractivity contribution in [1.29, 1.82) is 0 Å². The first-order valence-electron chi connectivity index (χ1n) is 13.1. The number of anilines is 1. The van der Waals surface area contributed by atoms with E-state index in [1.165, 1.54) is 6.20 Å². The summed E-state index contributed by atoms with van der Waals surface area (Å²) >= 11 is 0. The molecule has 0 bridgehead atoms. The number of likely N-dealkylation sites (tertiary alicyclic amines) is 1. The highest BCUT2D eigenvalue weighted by Gasteiger charge is 2.31. The van der Waals surface area contributed by atoms with Gasteiger partial charge in [-0.1, -0.05) is 60.7 Å². The number of benzene rings is 2. The largest absolute Gasteiger partial charge is 0.374 e. The van der Waals surface area contributed by atoms with Gasteiger partial charge in [-0.05, 0) is 37.8 Å². The second-order valence-electron chi connectivity index (χ2n) is 10.3. The van der Waals surface area contributed by atoms with Crippen molar-refractivity contribution in [2.24, 2.45) is 5.73 Å². The lowest BCUT2D eigenvalue weighted by Crippen LogP contribution is -2.56. The Labute approximate surface area is 228 Å². The smallest absolute Gasteiger partial charge is 0.252 e. The normalized spacial score (nSPS) is 15.0. The van der Waals surface area contributed by atoms with Crippen LogP contribution in [0.4, 0.5) is 5.69 Å². The number of aromatic nitrogens is 2. The molecule has 0 spiro atoms. The molecule has 2 heterocycles. The number of amides is 3. The van der Waals surface area contributed by atoms with Gasteiger partial charge in [0.2, 0.25) is 11.8 Å². The van der Waals surface area contributed by atoms with E-state index in [2.05, 4.69) is 15.7 Å². The van der Waals surface area contributed by atoms with E-state index in [0.717, 1.165) is 37.1 Å². The maximum Gasteiger partial charge on any atom is 0.252 e. The van der Waals surface area contributed by atoms with Crippen molar-refractivity contribution in [2.75, 3.05) is 25.0 Å². The summed E-state index contributed by atoms with van der Waals surface area (Å²) in [5.41, 5.74) is 6.90. The Bertz CT molecular complexity index is 1250. The SMILES string of the molecule is CC(C)(N)C(=O)NC(COCc1ccccc1)C(=O)Nc1cnn(C(C(=O)N2CCCC2)c2ccccc2)c1. The van der Waals surface area contributed by atoms with Crippen LogP contribution in [-0.2, 0) is 25.7 Å². The molecule has 4 N–H and O–H groups in total. The number of carbonyl (C=O) groups is 3. The lowest BCUT2D eigenvalue weighted by atomic mass is 10.1. The predicted molar refractivity (Wildman–Crippen MR) is 148 cm³/mol. The van der Waals surface area contributed by atoms with Gasteiger partial charge < -0.3 is 26.0 Å². The molecular formula is C29H36N6O4. The molecular weight excluding hydrogens is 496 g/mol. The van der Waals surface area contributed by atoms with Crippen LogP contribution >= 0.6 is 0 Å². The third-order valence-corrected chi connectivity index (χ3v) is 6.50. The highest BCUT2D eigenvalue weighted by Crippen LogP contribution is 2.24. The molecule has 1 saturated heterocycles. The number of ether oxygens (including phenoxy) is 1. The van der Waals surface area contributed by atoms with Crippen molar-refractivity contribution in [1.82, 2.24) is 20.0 Å². The Morgan fingerprint density at radius 1 is 1.03 bits per heavy atom. The van der Waals surface area contributed by atoms with E-state index >= 15 is 0 Å². The predicted octanol–water partition coefficient (Wildman–Crippen LogP) is 2.47. The second kappa shape index (κ2) is 12.7. The zero-order valence-electron chi connectivity index (χ0n) is 22.4. The van der Waals surface area contributed by atoms with Crippen molar-refractivity contribution < 1.29 is 19.1 Å². The lowest BCUT2D eigenvalue weighted by Gasteiger charge is -2.24. The van der Waals surface area contributed by atoms with Crippen LogP contribution in [-0.4, -0.2) is 63.7 Å². The van der Waals surface area contributed by atoms with E-state index in [-0.39, 0.29) is 19.1 Å². The van der Waals surface area contributed by atoms with Gasteiger partial charge in [0.15, 0.2) is 6.04 Å². The molecule has 206 valence electrons. The molecule has 39 heavy (non-hydrogen) atoms. The fraction of sp³-hybridized carbons (Fsp3) is 0.379. The first-order valence-corrected chi connectivity index (χ1v) is 13.1. The minimum absolute atomic E-state index is 0.0377. The van der Waals surface area contributed by atoms with E-state index < -0.39 is 29.4 Å². The molecule has 1 fully saturated rings. The number of nitrogens with two attached hydrogens (primary N) is 1. The molecule has 2 aromatic carbocycles. The maximum absolute atomic E-state index is 13.4. The summed E-state index contributed by atoms with van der Waals surface area (Å²) < 4.78 is 7.32. The molecule has 10 heteroatoms. The zero-order valence-corrected chi connectivity index (χ0v) is 22.4. The minimum atomic E-state index is -1.18. The summed E-state index contributed by atoms with van der Waals surface area (Å²) in [5.74, 6) is -1.01.